The molecular formula is C10H8O2. The number of ketones is 2. The number of carbonyl (C=O) groups excluding carboxylic acids is 2. The molecule has 0 heterocycles. The van der Waals surface area contributed by atoms with Crippen LogP contribution < -0.4 is 0 Å². The van der Waals surface area contributed by atoms with Crippen molar-refractivity contribution in [2.24, 2.45) is 0 Å². The van der Waals surface area contributed by atoms with Gasteiger partial charge in [0.2, 0.25) is 0 Å². The van der Waals surface area contributed by atoms with E-state index < -0.39 is 0 Å². The van der Waals surface area contributed by atoms with Crippen molar-refractivity contribution < 1.29 is 9.59 Å². The quantitative estimate of drug-likeness (QED) is 0.617. The molecule has 0 aliphatic carbocycles. The first kappa shape index (κ1) is 8.65. The normalized spacial score (nSPS) is 9.50. The van der Waals surface area contributed by atoms with Crippen LogP contribution in [0.3, 0.4) is 0 Å². The van der Waals surface area contributed by atoms with E-state index in [9.17, 15) is 9.59 Å². The second kappa shape index (κ2) is 3.30. The molecule has 1 rings (SSSR count). The van der Waals surface area contributed by atoms with Gasteiger partial charge in [0.15, 0.2) is 11.6 Å². The number of hydrogen-bond acceptors (Lipinski definition) is 2. The Morgan fingerprint density at radius 1 is 1.00 bits per heavy atom. The molecule has 0 fully saturated rings. The summed E-state index contributed by atoms with van der Waals surface area (Å²) in [6.07, 6.45) is 0. The zero-order valence-electron chi connectivity index (χ0n) is 6.97. The van der Waals surface area contributed by atoms with Gasteiger partial charge in [0, 0.05) is 11.1 Å². The standard InChI is InChI=1S/C10H8O2/c1-7(11)9-5-3-4-6-10(9)8(2)12/h3-4H,1-2H3. The largest absolute Gasteiger partial charge is 0.294 e. The molecule has 0 saturated heterocycles. The highest BCUT2D eigenvalue weighted by Gasteiger charge is 2.09. The molecule has 0 unspecified atom stereocenters. The van der Waals surface area contributed by atoms with Gasteiger partial charge in [-0.25, -0.2) is 0 Å². The van der Waals surface area contributed by atoms with Gasteiger partial charge in [-0.2, -0.15) is 0 Å². The lowest BCUT2D eigenvalue weighted by Crippen LogP contribution is -2.03. The molecule has 0 bridgehead atoms. The molecule has 1 aromatic carbocycles. The SMILES string of the molecule is CC(=O)c1[c]cc[c]c1C(C)=O. The minimum atomic E-state index is -0.156. The Labute approximate surface area is 71.2 Å². The molecule has 0 spiro atoms. The first-order chi connectivity index (χ1) is 5.63. The van der Waals surface area contributed by atoms with Crippen LogP contribution in [0.4, 0.5) is 0 Å². The van der Waals surface area contributed by atoms with E-state index in [1.165, 1.54) is 13.8 Å². The molecular weight excluding hydrogens is 152 g/mol. The third-order valence-corrected chi connectivity index (χ3v) is 1.49. The van der Waals surface area contributed by atoms with Crippen LogP contribution in [0.2, 0.25) is 0 Å². The lowest BCUT2D eigenvalue weighted by atomic mass is 10.0. The molecule has 1 aromatic rings. The van der Waals surface area contributed by atoms with E-state index >= 15 is 0 Å². The monoisotopic (exact) mass is 160 g/mol. The second-order valence-corrected chi connectivity index (χ2v) is 2.48. The zero-order chi connectivity index (χ0) is 9.14. The molecule has 2 nitrogen and oxygen atoms in total. The van der Waals surface area contributed by atoms with Crippen molar-refractivity contribution in [3.8, 4) is 0 Å². The smallest absolute Gasteiger partial charge is 0.161 e. The summed E-state index contributed by atoms with van der Waals surface area (Å²) in [6.45, 7) is 2.82. The summed E-state index contributed by atoms with van der Waals surface area (Å²) < 4.78 is 0. The Balaban J connectivity index is 3.27. The van der Waals surface area contributed by atoms with Crippen LogP contribution in [0.15, 0.2) is 12.1 Å². The van der Waals surface area contributed by atoms with Crippen molar-refractivity contribution in [1.29, 1.82) is 0 Å². The minimum absolute atomic E-state index is 0.156. The van der Waals surface area contributed by atoms with Crippen molar-refractivity contribution in [2.75, 3.05) is 0 Å². The van der Waals surface area contributed by atoms with Gasteiger partial charge in [0.25, 0.3) is 0 Å². The summed E-state index contributed by atoms with van der Waals surface area (Å²) in [7, 11) is 0. The first-order valence-electron chi connectivity index (χ1n) is 3.57. The van der Waals surface area contributed by atoms with Crippen LogP contribution in [-0.4, -0.2) is 11.6 Å². The molecule has 0 amide bonds. The van der Waals surface area contributed by atoms with Gasteiger partial charge in [0.1, 0.15) is 0 Å². The molecule has 0 N–H and O–H groups in total. The average Bonchev–Trinajstić information content (AvgIpc) is 2.04. The van der Waals surface area contributed by atoms with Crippen molar-refractivity contribution in [3.05, 3.63) is 35.4 Å². The molecule has 0 aliphatic rings. The maximum Gasteiger partial charge on any atom is 0.161 e. The zero-order valence-corrected chi connectivity index (χ0v) is 6.97. The van der Waals surface area contributed by atoms with E-state index in [0.29, 0.717) is 11.1 Å². The molecule has 60 valence electrons. The fourth-order valence-electron chi connectivity index (χ4n) is 0.950. The van der Waals surface area contributed by atoms with Gasteiger partial charge in [-0.3, -0.25) is 9.59 Å². The van der Waals surface area contributed by atoms with Crippen LogP contribution in [0.25, 0.3) is 0 Å². The van der Waals surface area contributed by atoms with Crippen molar-refractivity contribution in [3.63, 3.8) is 0 Å². The molecule has 2 radical (unpaired) electrons. The van der Waals surface area contributed by atoms with Gasteiger partial charge >= 0.3 is 0 Å². The molecule has 0 atom stereocenters. The Bertz CT molecular complexity index is 293. The summed E-state index contributed by atoms with van der Waals surface area (Å²) in [4.78, 5) is 21.9. The predicted molar refractivity (Wildman–Crippen MR) is 44.1 cm³/mol. The molecule has 0 aliphatic heterocycles. The Hall–Kier alpha value is -1.44. The Morgan fingerprint density at radius 2 is 1.33 bits per heavy atom. The topological polar surface area (TPSA) is 34.1 Å². The van der Waals surface area contributed by atoms with Gasteiger partial charge in [0.05, 0.1) is 0 Å². The van der Waals surface area contributed by atoms with E-state index in [0.717, 1.165) is 0 Å². The van der Waals surface area contributed by atoms with Crippen molar-refractivity contribution >= 4 is 11.6 Å². The van der Waals surface area contributed by atoms with Crippen molar-refractivity contribution in [2.45, 2.75) is 13.8 Å². The van der Waals surface area contributed by atoms with Crippen molar-refractivity contribution in [1.82, 2.24) is 0 Å². The van der Waals surface area contributed by atoms with Crippen LogP contribution in [0.1, 0.15) is 34.6 Å². The van der Waals surface area contributed by atoms with Crippen LogP contribution in [-0.2, 0) is 0 Å². The number of hydrogen-bond donors (Lipinski definition) is 0. The number of rotatable bonds is 2. The fourth-order valence-corrected chi connectivity index (χ4v) is 0.950. The summed E-state index contributed by atoms with van der Waals surface area (Å²) >= 11 is 0. The second-order valence-electron chi connectivity index (χ2n) is 2.48. The maximum absolute atomic E-state index is 11.0. The third-order valence-electron chi connectivity index (χ3n) is 1.49. The van der Waals surface area contributed by atoms with Gasteiger partial charge in [-0.15, -0.1) is 0 Å². The number of Topliss-reactive ketones (excluding diaryl/α,β-unsaturated/α-hetero) is 2. The lowest BCUT2D eigenvalue weighted by molar-refractivity contribution is 0.0980. The highest BCUT2D eigenvalue weighted by molar-refractivity contribution is 6.06. The van der Waals surface area contributed by atoms with Gasteiger partial charge < -0.3 is 0 Å². The van der Waals surface area contributed by atoms with E-state index in [1.807, 2.05) is 0 Å². The molecule has 0 aromatic heterocycles. The van der Waals surface area contributed by atoms with Crippen LogP contribution >= 0.6 is 0 Å². The van der Waals surface area contributed by atoms with Gasteiger partial charge in [-0.1, -0.05) is 12.1 Å². The molecule has 12 heavy (non-hydrogen) atoms. The molecule has 2 heteroatoms. The summed E-state index contributed by atoms with van der Waals surface area (Å²) in [5.41, 5.74) is 0.648. The van der Waals surface area contributed by atoms with E-state index in [1.54, 1.807) is 12.1 Å². The van der Waals surface area contributed by atoms with E-state index in [2.05, 4.69) is 12.1 Å². The number of benzene rings is 1. The van der Waals surface area contributed by atoms with Gasteiger partial charge in [-0.05, 0) is 26.0 Å². The van der Waals surface area contributed by atoms with Crippen LogP contribution in [0, 0.1) is 12.1 Å². The highest BCUT2D eigenvalue weighted by atomic mass is 16.1. The minimum Gasteiger partial charge on any atom is -0.294 e. The summed E-state index contributed by atoms with van der Waals surface area (Å²) in [6, 6.07) is 8.58. The maximum atomic E-state index is 11.0. The third kappa shape index (κ3) is 1.59. The highest BCUT2D eigenvalue weighted by Crippen LogP contribution is 2.08. The fraction of sp³-hybridized carbons (Fsp3) is 0.200. The predicted octanol–water partition coefficient (Wildman–Crippen LogP) is 1.69. The lowest BCUT2D eigenvalue weighted by Gasteiger charge is -1.99. The Morgan fingerprint density at radius 3 is 1.58 bits per heavy atom. The summed E-state index contributed by atoms with van der Waals surface area (Å²) in [5, 5.41) is 0. The van der Waals surface area contributed by atoms with E-state index in [-0.39, 0.29) is 11.6 Å². The Kier molecular flexibility index (Phi) is 2.38. The molecule has 0 saturated carbocycles. The average molecular weight is 160 g/mol. The van der Waals surface area contributed by atoms with Crippen LogP contribution in [0.5, 0.6) is 0 Å². The number of carbonyl (C=O) groups is 2. The first-order valence-corrected chi connectivity index (χ1v) is 3.57. The van der Waals surface area contributed by atoms with E-state index in [4.69, 9.17) is 0 Å². The summed E-state index contributed by atoms with van der Waals surface area (Å²) in [5.74, 6) is -0.311.